The van der Waals surface area contributed by atoms with Crippen molar-refractivity contribution in [1.82, 2.24) is 10.6 Å². The zero-order valence-corrected chi connectivity index (χ0v) is 15.1. The summed E-state index contributed by atoms with van der Waals surface area (Å²) in [6, 6.07) is 5.89. The molecule has 140 valence electrons. The molecule has 2 N–H and O–H groups in total. The third-order valence-electron chi connectivity index (χ3n) is 4.23. The van der Waals surface area contributed by atoms with E-state index in [1.165, 1.54) is 7.11 Å². The topological polar surface area (TPSA) is 103 Å². The standard InChI is InChI=1S/C17H23BN2O6/c1-24-17(23)14(20-16(22)13-8-9-15(21)19-13)10-11-4-6-12(7-5-11)18(25-2)26-3/h4-7,13-14H,8-10H2,1-3H3,(H,19,21)(H,20,22)/t13-,14-/m0/s1. The number of benzene rings is 1. The molecular weight excluding hydrogens is 339 g/mol. The van der Waals surface area contributed by atoms with Gasteiger partial charge in [-0.3, -0.25) is 9.59 Å². The molecule has 2 amide bonds. The highest BCUT2D eigenvalue weighted by Crippen LogP contribution is 2.09. The van der Waals surface area contributed by atoms with Gasteiger partial charge in [-0.2, -0.15) is 0 Å². The molecule has 1 fully saturated rings. The molecule has 0 aromatic heterocycles. The number of amides is 2. The van der Waals surface area contributed by atoms with Crippen LogP contribution in [0.5, 0.6) is 0 Å². The Balaban J connectivity index is 2.04. The van der Waals surface area contributed by atoms with Gasteiger partial charge in [-0.05, 0) is 17.4 Å². The molecule has 1 aromatic rings. The van der Waals surface area contributed by atoms with Gasteiger partial charge >= 0.3 is 13.1 Å². The average molecular weight is 362 g/mol. The zero-order chi connectivity index (χ0) is 19.1. The minimum atomic E-state index is -0.837. The van der Waals surface area contributed by atoms with Crippen molar-refractivity contribution in [3.63, 3.8) is 0 Å². The Kier molecular flexibility index (Phi) is 7.17. The molecule has 0 radical (unpaired) electrons. The molecule has 1 aliphatic heterocycles. The van der Waals surface area contributed by atoms with Gasteiger partial charge in [0.15, 0.2) is 0 Å². The van der Waals surface area contributed by atoms with Crippen molar-refractivity contribution in [2.24, 2.45) is 0 Å². The second-order valence-electron chi connectivity index (χ2n) is 5.99. The number of rotatable bonds is 8. The van der Waals surface area contributed by atoms with E-state index < -0.39 is 25.2 Å². The Morgan fingerprint density at radius 3 is 2.38 bits per heavy atom. The molecule has 0 unspecified atom stereocenters. The quantitative estimate of drug-likeness (QED) is 0.462. The van der Waals surface area contributed by atoms with E-state index in [4.69, 9.17) is 14.0 Å². The molecule has 1 saturated heterocycles. The Morgan fingerprint density at radius 1 is 1.23 bits per heavy atom. The van der Waals surface area contributed by atoms with Crippen LogP contribution in [0.4, 0.5) is 0 Å². The largest absolute Gasteiger partial charge is 0.493 e. The van der Waals surface area contributed by atoms with Gasteiger partial charge in [0.05, 0.1) is 7.11 Å². The Labute approximate surface area is 152 Å². The molecule has 1 aromatic carbocycles. The van der Waals surface area contributed by atoms with E-state index in [-0.39, 0.29) is 18.2 Å². The molecular formula is C17H23BN2O6. The predicted molar refractivity (Wildman–Crippen MR) is 94.7 cm³/mol. The number of carbonyl (C=O) groups is 3. The Morgan fingerprint density at radius 2 is 1.88 bits per heavy atom. The lowest BCUT2D eigenvalue weighted by Crippen LogP contribution is -2.50. The van der Waals surface area contributed by atoms with Crippen molar-refractivity contribution in [2.75, 3.05) is 21.3 Å². The second-order valence-corrected chi connectivity index (χ2v) is 5.99. The third kappa shape index (κ3) is 5.06. The molecule has 26 heavy (non-hydrogen) atoms. The summed E-state index contributed by atoms with van der Waals surface area (Å²) >= 11 is 0. The van der Waals surface area contributed by atoms with Crippen LogP contribution in [0.1, 0.15) is 18.4 Å². The summed E-state index contributed by atoms with van der Waals surface area (Å²) in [5, 5.41) is 5.24. The number of methoxy groups -OCH3 is 1. The highest BCUT2D eigenvalue weighted by atomic mass is 16.6. The van der Waals surface area contributed by atoms with Gasteiger partial charge in [-0.1, -0.05) is 24.3 Å². The Bertz CT molecular complexity index is 647. The molecule has 0 spiro atoms. The summed E-state index contributed by atoms with van der Waals surface area (Å²) in [5.74, 6) is -1.10. The van der Waals surface area contributed by atoms with Crippen LogP contribution in [0, 0.1) is 0 Å². The van der Waals surface area contributed by atoms with Crippen molar-refractivity contribution < 1.29 is 28.4 Å². The van der Waals surface area contributed by atoms with E-state index in [1.807, 2.05) is 24.3 Å². The fraction of sp³-hybridized carbons (Fsp3) is 0.471. The number of carbonyl (C=O) groups excluding carboxylic acids is 3. The maximum absolute atomic E-state index is 12.3. The summed E-state index contributed by atoms with van der Waals surface area (Å²) in [6.07, 6.45) is 0.995. The maximum Gasteiger partial charge on any atom is 0.493 e. The van der Waals surface area contributed by atoms with Gasteiger partial charge in [0.1, 0.15) is 12.1 Å². The molecule has 2 rings (SSSR count). The van der Waals surface area contributed by atoms with E-state index in [2.05, 4.69) is 10.6 Å². The highest BCUT2D eigenvalue weighted by Gasteiger charge is 2.31. The molecule has 1 aliphatic rings. The molecule has 0 saturated carbocycles. The van der Waals surface area contributed by atoms with Gasteiger partial charge in [0, 0.05) is 27.1 Å². The molecule has 1 heterocycles. The molecule has 8 nitrogen and oxygen atoms in total. The third-order valence-corrected chi connectivity index (χ3v) is 4.23. The summed E-state index contributed by atoms with van der Waals surface area (Å²) in [7, 11) is 3.90. The van der Waals surface area contributed by atoms with E-state index >= 15 is 0 Å². The fourth-order valence-corrected chi connectivity index (χ4v) is 2.83. The van der Waals surface area contributed by atoms with Gasteiger partial charge in [-0.15, -0.1) is 0 Å². The van der Waals surface area contributed by atoms with Crippen LogP contribution < -0.4 is 16.1 Å². The van der Waals surface area contributed by atoms with Crippen LogP contribution in [0.2, 0.25) is 0 Å². The zero-order valence-electron chi connectivity index (χ0n) is 15.1. The van der Waals surface area contributed by atoms with Crippen molar-refractivity contribution in [1.29, 1.82) is 0 Å². The number of ether oxygens (including phenoxy) is 1. The number of hydrogen-bond acceptors (Lipinski definition) is 6. The van der Waals surface area contributed by atoms with Gasteiger partial charge in [-0.25, -0.2) is 4.79 Å². The summed E-state index contributed by atoms with van der Waals surface area (Å²) in [6.45, 7) is 0. The van der Waals surface area contributed by atoms with Gasteiger partial charge in [0.2, 0.25) is 11.8 Å². The smallest absolute Gasteiger partial charge is 0.467 e. The van der Waals surface area contributed by atoms with E-state index in [9.17, 15) is 14.4 Å². The molecule has 9 heteroatoms. The van der Waals surface area contributed by atoms with Gasteiger partial charge < -0.3 is 24.7 Å². The lowest BCUT2D eigenvalue weighted by Gasteiger charge is -2.19. The van der Waals surface area contributed by atoms with Crippen LogP contribution >= 0.6 is 0 Å². The van der Waals surface area contributed by atoms with Crippen LogP contribution in [-0.4, -0.2) is 58.3 Å². The number of esters is 1. The molecule has 0 bridgehead atoms. The van der Waals surface area contributed by atoms with Crippen molar-refractivity contribution >= 4 is 30.4 Å². The van der Waals surface area contributed by atoms with Crippen molar-refractivity contribution in [3.8, 4) is 0 Å². The lowest BCUT2D eigenvalue weighted by atomic mass is 9.78. The first-order chi connectivity index (χ1) is 12.5. The van der Waals surface area contributed by atoms with Crippen molar-refractivity contribution in [3.05, 3.63) is 29.8 Å². The predicted octanol–water partition coefficient (Wildman–Crippen LogP) is -0.846. The van der Waals surface area contributed by atoms with E-state index in [0.717, 1.165) is 11.0 Å². The number of nitrogens with one attached hydrogen (secondary N) is 2. The minimum Gasteiger partial charge on any atom is -0.467 e. The van der Waals surface area contributed by atoms with Crippen LogP contribution in [-0.2, 0) is 34.9 Å². The van der Waals surface area contributed by atoms with Gasteiger partial charge in [0.25, 0.3) is 0 Å². The summed E-state index contributed by atoms with van der Waals surface area (Å²) < 4.78 is 15.2. The van der Waals surface area contributed by atoms with Crippen LogP contribution in [0.3, 0.4) is 0 Å². The maximum atomic E-state index is 12.3. The SMILES string of the molecule is COB(OC)c1ccc(C[C@H](NC(=O)[C@@H]2CCC(=O)N2)C(=O)OC)cc1. The summed E-state index contributed by atoms with van der Waals surface area (Å²) in [5.41, 5.74) is 1.68. The minimum absolute atomic E-state index is 0.166. The first-order valence-electron chi connectivity index (χ1n) is 8.30. The van der Waals surface area contributed by atoms with E-state index in [1.54, 1.807) is 14.2 Å². The first-order valence-corrected chi connectivity index (χ1v) is 8.30. The molecule has 0 aliphatic carbocycles. The molecule has 2 atom stereocenters. The van der Waals surface area contributed by atoms with E-state index in [0.29, 0.717) is 12.8 Å². The fourth-order valence-electron chi connectivity index (χ4n) is 2.83. The monoisotopic (exact) mass is 362 g/mol. The number of hydrogen-bond donors (Lipinski definition) is 2. The lowest BCUT2D eigenvalue weighted by molar-refractivity contribution is -0.145. The highest BCUT2D eigenvalue weighted by molar-refractivity contribution is 6.61. The summed E-state index contributed by atoms with van der Waals surface area (Å²) in [4.78, 5) is 35.6. The van der Waals surface area contributed by atoms with Crippen molar-refractivity contribution in [2.45, 2.75) is 31.3 Å². The Hall–Kier alpha value is -2.39. The van der Waals surface area contributed by atoms with Crippen LogP contribution in [0.15, 0.2) is 24.3 Å². The normalized spacial score (nSPS) is 17.3. The average Bonchev–Trinajstić information content (AvgIpc) is 3.09. The first kappa shape index (κ1) is 19.9. The second kappa shape index (κ2) is 9.35. The van der Waals surface area contributed by atoms with Crippen LogP contribution in [0.25, 0.3) is 0 Å².